The molecule has 0 aromatic carbocycles. The minimum Gasteiger partial charge on any atom is -0.444 e. The van der Waals surface area contributed by atoms with Gasteiger partial charge in [0.05, 0.1) is 6.04 Å². The van der Waals surface area contributed by atoms with Crippen LogP contribution in [0.15, 0.2) is 0 Å². The van der Waals surface area contributed by atoms with Gasteiger partial charge in [-0.1, -0.05) is 27.7 Å². The van der Waals surface area contributed by atoms with Gasteiger partial charge in [0.25, 0.3) is 0 Å². The predicted molar refractivity (Wildman–Crippen MR) is 87.5 cm³/mol. The van der Waals surface area contributed by atoms with Crippen LogP contribution in [0.25, 0.3) is 0 Å². The molecule has 0 heterocycles. The largest absolute Gasteiger partial charge is 0.444 e. The second-order valence-corrected chi connectivity index (χ2v) is 8.05. The van der Waals surface area contributed by atoms with Crippen LogP contribution in [0.1, 0.15) is 54.9 Å². The van der Waals surface area contributed by atoms with Crippen molar-refractivity contribution in [2.45, 2.75) is 72.8 Å². The molecule has 0 rings (SSSR count). The fourth-order valence-electron chi connectivity index (χ4n) is 1.91. The molecule has 0 bridgehead atoms. The van der Waals surface area contributed by atoms with Crippen LogP contribution in [0.3, 0.4) is 0 Å². The summed E-state index contributed by atoms with van der Waals surface area (Å²) in [4.78, 5) is 11.7. The highest BCUT2D eigenvalue weighted by Gasteiger charge is 2.25. The highest BCUT2D eigenvalue weighted by atomic mass is 16.6. The maximum absolute atomic E-state index is 11.7. The Morgan fingerprint density at radius 1 is 1.09 bits per heavy atom. The Morgan fingerprint density at radius 3 is 2.05 bits per heavy atom. The molecule has 0 saturated heterocycles. The molecule has 0 aliphatic rings. The van der Waals surface area contributed by atoms with Crippen LogP contribution in [0.4, 0.5) is 4.79 Å². The molecule has 1 amide bonds. The first-order valence-electron chi connectivity index (χ1n) is 7.89. The number of hydrogen-bond acceptors (Lipinski definition) is 5. The number of carbonyl (C=O) groups is 1. The van der Waals surface area contributed by atoms with Crippen molar-refractivity contribution < 1.29 is 19.7 Å². The van der Waals surface area contributed by atoms with Gasteiger partial charge in [-0.3, -0.25) is 0 Å². The summed E-state index contributed by atoms with van der Waals surface area (Å²) in [5.41, 5.74) is -0.753. The monoisotopic (exact) mass is 318 g/mol. The summed E-state index contributed by atoms with van der Waals surface area (Å²) < 4.78 is 5.20. The van der Waals surface area contributed by atoms with E-state index in [-0.39, 0.29) is 11.5 Å². The van der Waals surface area contributed by atoms with Gasteiger partial charge in [0.2, 0.25) is 0 Å². The molecular weight excluding hydrogens is 284 g/mol. The minimum absolute atomic E-state index is 0.235. The lowest BCUT2D eigenvalue weighted by atomic mass is 9.92. The first kappa shape index (κ1) is 21.1. The van der Waals surface area contributed by atoms with Gasteiger partial charge in [-0.05, 0) is 38.5 Å². The van der Waals surface area contributed by atoms with E-state index >= 15 is 0 Å². The van der Waals surface area contributed by atoms with E-state index in [2.05, 4.69) is 10.6 Å². The molecule has 0 aliphatic carbocycles. The molecule has 22 heavy (non-hydrogen) atoms. The minimum atomic E-state index is -1.39. The van der Waals surface area contributed by atoms with Crippen molar-refractivity contribution >= 4 is 6.09 Å². The zero-order valence-corrected chi connectivity index (χ0v) is 15.1. The topological polar surface area (TPSA) is 90.8 Å². The molecule has 6 heteroatoms. The molecule has 0 aromatic rings. The van der Waals surface area contributed by atoms with Crippen LogP contribution in [-0.2, 0) is 4.74 Å². The Balaban J connectivity index is 4.30. The number of nitrogens with one attached hydrogen (secondary N) is 2. The van der Waals surface area contributed by atoms with Crippen LogP contribution < -0.4 is 10.6 Å². The molecule has 0 aromatic heterocycles. The third-order valence-electron chi connectivity index (χ3n) is 3.04. The molecule has 0 radical (unpaired) electrons. The number of hydrogen-bond donors (Lipinski definition) is 4. The lowest BCUT2D eigenvalue weighted by Gasteiger charge is -2.30. The second kappa shape index (κ2) is 8.70. The maximum atomic E-state index is 11.7. The third-order valence-corrected chi connectivity index (χ3v) is 3.04. The Labute approximate surface area is 134 Å². The zero-order chi connectivity index (χ0) is 17.6. The van der Waals surface area contributed by atoms with E-state index in [4.69, 9.17) is 4.74 Å². The highest BCUT2D eigenvalue weighted by molar-refractivity contribution is 5.67. The van der Waals surface area contributed by atoms with Gasteiger partial charge in [0.15, 0.2) is 6.29 Å². The summed E-state index contributed by atoms with van der Waals surface area (Å²) in [6, 6.07) is -0.374. The van der Waals surface area contributed by atoms with Crippen LogP contribution >= 0.6 is 0 Å². The van der Waals surface area contributed by atoms with E-state index in [1.807, 2.05) is 48.5 Å². The van der Waals surface area contributed by atoms with Crippen molar-refractivity contribution in [3.8, 4) is 0 Å². The molecular formula is C16H34N2O4. The number of aliphatic hydroxyl groups excluding tert-OH is 1. The van der Waals surface area contributed by atoms with Crippen molar-refractivity contribution in [3.63, 3.8) is 0 Å². The lowest BCUT2D eigenvalue weighted by Crippen LogP contribution is -2.48. The van der Waals surface area contributed by atoms with Crippen molar-refractivity contribution in [1.29, 1.82) is 0 Å². The number of alkyl carbamates (subject to hydrolysis) is 1. The van der Waals surface area contributed by atoms with Gasteiger partial charge < -0.3 is 25.6 Å². The quantitative estimate of drug-likeness (QED) is 0.513. The van der Waals surface area contributed by atoms with Gasteiger partial charge in [-0.15, -0.1) is 0 Å². The number of ether oxygens (including phenoxy) is 1. The van der Waals surface area contributed by atoms with E-state index < -0.39 is 18.0 Å². The molecule has 1 atom stereocenters. The summed E-state index contributed by atoms with van der Waals surface area (Å²) in [6.45, 7) is 14.5. The van der Waals surface area contributed by atoms with Crippen molar-refractivity contribution in [2.24, 2.45) is 11.3 Å². The third kappa shape index (κ3) is 10.8. The molecule has 1 unspecified atom stereocenters. The van der Waals surface area contributed by atoms with Crippen LogP contribution in [-0.4, -0.2) is 47.3 Å². The second-order valence-electron chi connectivity index (χ2n) is 8.05. The Kier molecular flexibility index (Phi) is 8.36. The number of amides is 1. The van der Waals surface area contributed by atoms with E-state index in [0.29, 0.717) is 25.4 Å². The summed E-state index contributed by atoms with van der Waals surface area (Å²) in [7, 11) is 0. The fraction of sp³-hybridized carbons (Fsp3) is 0.938. The van der Waals surface area contributed by atoms with Crippen molar-refractivity contribution in [1.82, 2.24) is 10.6 Å². The first-order valence-corrected chi connectivity index (χ1v) is 7.89. The molecule has 0 aliphatic heterocycles. The molecule has 0 spiro atoms. The van der Waals surface area contributed by atoms with Gasteiger partial charge in [-0.2, -0.15) is 0 Å². The first-order chi connectivity index (χ1) is 9.82. The van der Waals surface area contributed by atoms with E-state index in [1.165, 1.54) is 0 Å². The van der Waals surface area contributed by atoms with Crippen molar-refractivity contribution in [2.75, 3.05) is 13.1 Å². The fourth-order valence-corrected chi connectivity index (χ4v) is 1.91. The van der Waals surface area contributed by atoms with E-state index in [9.17, 15) is 15.0 Å². The molecule has 0 fully saturated rings. The summed E-state index contributed by atoms with van der Waals surface area (Å²) in [5.74, 6) is 0.363. The normalized spacial score (nSPS) is 14.3. The van der Waals surface area contributed by atoms with Crippen LogP contribution in [0.2, 0.25) is 0 Å². The standard InChI is InChI=1S/C16H34N2O4/c1-11(2)8-12(13(19)20)17-9-16(6,7)10-18-14(21)22-15(3,4)5/h11-13,17,19-20H,8-10H2,1-7H3,(H,18,21). The number of rotatable bonds is 8. The summed E-state index contributed by atoms with van der Waals surface area (Å²) in [6.07, 6.45) is -1.16. The molecule has 0 saturated carbocycles. The number of aliphatic hydroxyl groups is 2. The Bertz CT molecular complexity index is 336. The zero-order valence-electron chi connectivity index (χ0n) is 15.1. The van der Waals surface area contributed by atoms with Gasteiger partial charge in [0.1, 0.15) is 5.60 Å². The van der Waals surface area contributed by atoms with Crippen LogP contribution in [0.5, 0.6) is 0 Å². The Morgan fingerprint density at radius 2 is 1.64 bits per heavy atom. The van der Waals surface area contributed by atoms with E-state index in [1.54, 1.807) is 0 Å². The lowest BCUT2D eigenvalue weighted by molar-refractivity contribution is -0.0726. The molecule has 4 N–H and O–H groups in total. The van der Waals surface area contributed by atoms with Crippen LogP contribution in [0, 0.1) is 11.3 Å². The van der Waals surface area contributed by atoms with Gasteiger partial charge in [0, 0.05) is 13.1 Å². The average molecular weight is 318 g/mol. The van der Waals surface area contributed by atoms with E-state index in [0.717, 1.165) is 0 Å². The summed E-state index contributed by atoms with van der Waals surface area (Å²) in [5, 5.41) is 24.7. The van der Waals surface area contributed by atoms with Gasteiger partial charge in [-0.25, -0.2) is 4.79 Å². The number of carbonyl (C=O) groups excluding carboxylic acids is 1. The molecule has 6 nitrogen and oxygen atoms in total. The smallest absolute Gasteiger partial charge is 0.407 e. The predicted octanol–water partition coefficient (Wildman–Crippen LogP) is 1.85. The molecule has 132 valence electrons. The Hall–Kier alpha value is -0.850. The summed E-state index contributed by atoms with van der Waals surface area (Å²) >= 11 is 0. The SMILES string of the molecule is CC(C)CC(NCC(C)(C)CNC(=O)OC(C)(C)C)C(O)O. The van der Waals surface area contributed by atoms with Gasteiger partial charge >= 0.3 is 6.09 Å². The average Bonchev–Trinajstić information content (AvgIpc) is 2.29. The highest BCUT2D eigenvalue weighted by Crippen LogP contribution is 2.15. The maximum Gasteiger partial charge on any atom is 0.407 e. The van der Waals surface area contributed by atoms with Crippen molar-refractivity contribution in [3.05, 3.63) is 0 Å².